The molecule has 2 bridgehead atoms. The molecule has 5 aromatic carbocycles. The first-order valence-corrected chi connectivity index (χ1v) is 16.0. The smallest absolute Gasteiger partial charge is 0.235 e. The van der Waals surface area contributed by atoms with Crippen LogP contribution in [0.3, 0.4) is 0 Å². The lowest BCUT2D eigenvalue weighted by molar-refractivity contribution is -0.150. The molecule has 1 heterocycles. The van der Waals surface area contributed by atoms with Crippen molar-refractivity contribution < 1.29 is 14.4 Å². The van der Waals surface area contributed by atoms with Crippen LogP contribution in [0.1, 0.15) is 63.3 Å². The Balaban J connectivity index is 1.58. The maximum atomic E-state index is 15.9. The first kappa shape index (κ1) is 27.9. The molecule has 2 aliphatic carbocycles. The van der Waals surface area contributed by atoms with Gasteiger partial charge in [-0.1, -0.05) is 130 Å². The third-order valence-corrected chi connectivity index (χ3v) is 10.7. The number of hydrogen-bond donors (Lipinski definition) is 0. The summed E-state index contributed by atoms with van der Waals surface area (Å²) in [5, 5.41) is 4.02. The van der Waals surface area contributed by atoms with Crippen LogP contribution in [0.5, 0.6) is 0 Å². The van der Waals surface area contributed by atoms with Gasteiger partial charge in [-0.25, -0.2) is 0 Å². The molecular weight excluding hydrogens is 554 g/mol. The Kier molecular flexibility index (Phi) is 5.59. The summed E-state index contributed by atoms with van der Waals surface area (Å²) in [7, 11) is 0. The number of amides is 2. The lowest BCUT2D eigenvalue weighted by Gasteiger charge is -2.40. The Hall–Kier alpha value is -4.57. The van der Waals surface area contributed by atoms with E-state index in [-0.39, 0.29) is 23.0 Å². The van der Waals surface area contributed by atoms with Crippen molar-refractivity contribution in [3.63, 3.8) is 0 Å². The van der Waals surface area contributed by atoms with E-state index in [0.717, 1.165) is 43.8 Å². The minimum Gasteiger partial charge on any atom is -0.297 e. The normalized spacial score (nSPS) is 25.8. The van der Waals surface area contributed by atoms with Gasteiger partial charge in [0, 0.05) is 5.54 Å². The number of carbonyl (C=O) groups is 3. The van der Waals surface area contributed by atoms with E-state index in [1.807, 2.05) is 98.8 Å². The highest BCUT2D eigenvalue weighted by Crippen LogP contribution is 2.72. The summed E-state index contributed by atoms with van der Waals surface area (Å²) in [6, 6.07) is 36.1. The van der Waals surface area contributed by atoms with E-state index in [1.54, 1.807) is 4.90 Å². The molecule has 0 radical (unpaired) electrons. The van der Waals surface area contributed by atoms with Crippen molar-refractivity contribution in [2.75, 3.05) is 0 Å². The van der Waals surface area contributed by atoms with Gasteiger partial charge in [-0.05, 0) is 69.5 Å². The number of Topliss-reactive ketones (excluding diaryl/α,β-unsaturated/α-hetero) is 1. The molecule has 45 heavy (non-hydrogen) atoms. The average molecular weight is 592 g/mol. The number of carbonyl (C=O) groups excluding carboxylic acids is 3. The van der Waals surface area contributed by atoms with Crippen LogP contribution in [0.4, 0.5) is 0 Å². The Bertz CT molecular complexity index is 1940. The highest BCUT2D eigenvalue weighted by Gasteiger charge is 2.83. The van der Waals surface area contributed by atoms with Crippen LogP contribution in [-0.2, 0) is 25.2 Å². The number of benzene rings is 5. The molecule has 2 fully saturated rings. The molecule has 5 aromatic rings. The Morgan fingerprint density at radius 3 is 1.27 bits per heavy atom. The second-order valence-corrected chi connectivity index (χ2v) is 15.0. The molecule has 0 spiro atoms. The maximum absolute atomic E-state index is 15.9. The average Bonchev–Trinajstić information content (AvgIpc) is 3.53. The second-order valence-electron chi connectivity index (χ2n) is 15.0. The minimum atomic E-state index is -1.33. The number of fused-ring (bicyclic) bond motifs is 13. The zero-order chi connectivity index (χ0) is 31.5. The van der Waals surface area contributed by atoms with Crippen molar-refractivity contribution in [1.82, 2.24) is 4.90 Å². The topological polar surface area (TPSA) is 54.5 Å². The third kappa shape index (κ3) is 3.30. The summed E-state index contributed by atoms with van der Waals surface area (Å²) < 4.78 is 0. The van der Waals surface area contributed by atoms with Crippen LogP contribution in [0.25, 0.3) is 21.5 Å². The molecule has 4 nitrogen and oxygen atoms in total. The molecule has 4 heteroatoms. The molecule has 1 saturated carbocycles. The van der Waals surface area contributed by atoms with Gasteiger partial charge in [0.25, 0.3) is 0 Å². The number of ketones is 1. The Labute approximate surface area is 264 Å². The van der Waals surface area contributed by atoms with Crippen LogP contribution in [0.2, 0.25) is 0 Å². The van der Waals surface area contributed by atoms with Crippen LogP contribution in [0, 0.1) is 17.3 Å². The van der Waals surface area contributed by atoms with Gasteiger partial charge in [0.05, 0.1) is 22.7 Å². The molecule has 0 aromatic heterocycles. The molecular formula is C41H37NO3. The maximum Gasteiger partial charge on any atom is 0.235 e. The molecule has 2 amide bonds. The van der Waals surface area contributed by atoms with Gasteiger partial charge >= 0.3 is 0 Å². The summed E-state index contributed by atoms with van der Waals surface area (Å²) in [5.74, 6) is -2.27. The van der Waals surface area contributed by atoms with Crippen molar-refractivity contribution in [2.45, 2.75) is 57.4 Å². The van der Waals surface area contributed by atoms with Crippen molar-refractivity contribution in [3.8, 4) is 0 Å². The molecule has 224 valence electrons. The van der Waals surface area contributed by atoms with Gasteiger partial charge in [-0.15, -0.1) is 0 Å². The molecule has 1 saturated heterocycles. The van der Waals surface area contributed by atoms with Crippen molar-refractivity contribution in [1.29, 1.82) is 0 Å². The number of rotatable bonds is 4. The predicted octanol–water partition coefficient (Wildman–Crippen LogP) is 7.98. The van der Waals surface area contributed by atoms with Crippen molar-refractivity contribution in [2.24, 2.45) is 17.3 Å². The summed E-state index contributed by atoms with van der Waals surface area (Å²) in [4.78, 5) is 47.8. The van der Waals surface area contributed by atoms with Gasteiger partial charge in [-0.2, -0.15) is 0 Å². The van der Waals surface area contributed by atoms with Gasteiger partial charge in [0.15, 0.2) is 5.78 Å². The van der Waals surface area contributed by atoms with E-state index in [4.69, 9.17) is 0 Å². The largest absolute Gasteiger partial charge is 0.297 e. The lowest BCUT2D eigenvalue weighted by Crippen LogP contribution is -2.53. The number of likely N-dealkylation sites (tertiary alicyclic amines) is 1. The summed E-state index contributed by atoms with van der Waals surface area (Å²) in [5.41, 5.74) is -0.215. The van der Waals surface area contributed by atoms with E-state index in [2.05, 4.69) is 45.0 Å². The van der Waals surface area contributed by atoms with E-state index in [9.17, 15) is 0 Å². The Morgan fingerprint density at radius 1 is 0.533 bits per heavy atom. The van der Waals surface area contributed by atoms with E-state index in [1.165, 1.54) is 0 Å². The number of hydrogen-bond acceptors (Lipinski definition) is 3. The van der Waals surface area contributed by atoms with Gasteiger partial charge in [0.1, 0.15) is 0 Å². The van der Waals surface area contributed by atoms with E-state index >= 15 is 14.4 Å². The zero-order valence-electron chi connectivity index (χ0n) is 26.4. The minimum absolute atomic E-state index is 0.0612. The summed E-state index contributed by atoms with van der Waals surface area (Å²) in [6.45, 7) is 10.4. The Morgan fingerprint density at radius 2 is 0.889 bits per heavy atom. The highest BCUT2D eigenvalue weighted by atomic mass is 16.2. The monoisotopic (exact) mass is 591 g/mol. The van der Waals surface area contributed by atoms with Gasteiger partial charge in [0.2, 0.25) is 11.8 Å². The first-order valence-electron chi connectivity index (χ1n) is 16.0. The fourth-order valence-electron chi connectivity index (χ4n) is 9.92. The van der Waals surface area contributed by atoms with Crippen molar-refractivity contribution >= 4 is 39.1 Å². The van der Waals surface area contributed by atoms with Crippen LogP contribution >= 0.6 is 0 Å². The molecule has 0 N–H and O–H groups in total. The zero-order valence-corrected chi connectivity index (χ0v) is 26.4. The van der Waals surface area contributed by atoms with Crippen LogP contribution in [0.15, 0.2) is 109 Å². The van der Waals surface area contributed by atoms with Crippen LogP contribution < -0.4 is 0 Å². The molecule has 0 unspecified atom stereocenters. The molecule has 8 rings (SSSR count). The lowest BCUT2D eigenvalue weighted by atomic mass is 9.59. The quantitative estimate of drug-likeness (QED) is 0.157. The molecule has 1 aliphatic heterocycles. The second kappa shape index (κ2) is 9.00. The fraction of sp³-hybridized carbons (Fsp3) is 0.293. The van der Waals surface area contributed by atoms with Gasteiger partial charge in [-0.3, -0.25) is 19.3 Å². The predicted molar refractivity (Wildman–Crippen MR) is 178 cm³/mol. The fourth-order valence-corrected chi connectivity index (χ4v) is 9.92. The SMILES string of the molecule is CC(C)(C)CC(C)(C)N1C(=O)[C@@H]2[C@H](C1=O)[C@@]1(c3ccccc3)C(=O)[C@]2(c2ccccc2)c2c1c1ccccc1c1ccccc21. The summed E-state index contributed by atoms with van der Waals surface area (Å²) in [6.07, 6.45) is 0.639. The standard InChI is InChI=1S/C41H37NO3/c1-38(2,3)24-39(4,5)42-35(43)33-34(36(42)44)41(26-18-10-7-11-19-26)32-30-23-15-13-21-28(30)27-20-12-14-22-29(27)31(32)40(33,37(41)45)25-16-8-6-9-17-25/h6-23,33-34H,24H2,1-5H3/t33-,34+,40+,41-. The van der Waals surface area contributed by atoms with E-state index in [0.29, 0.717) is 6.42 Å². The highest BCUT2D eigenvalue weighted by molar-refractivity contribution is 6.29. The van der Waals surface area contributed by atoms with E-state index < -0.39 is 28.2 Å². The first-order chi connectivity index (χ1) is 21.5. The van der Waals surface area contributed by atoms with Crippen molar-refractivity contribution in [3.05, 3.63) is 131 Å². The third-order valence-electron chi connectivity index (χ3n) is 10.7. The van der Waals surface area contributed by atoms with Crippen LogP contribution in [-0.4, -0.2) is 28.0 Å². The number of nitrogens with zero attached hydrogens (tertiary/aromatic N) is 1. The number of imide groups is 1. The molecule has 4 atom stereocenters. The van der Waals surface area contributed by atoms with Gasteiger partial charge < -0.3 is 0 Å². The molecule has 3 aliphatic rings. The summed E-state index contributed by atoms with van der Waals surface area (Å²) >= 11 is 0.